The second-order valence-corrected chi connectivity index (χ2v) is 9.13. The number of rotatable bonds is 2. The molecule has 2 aromatic carbocycles. The van der Waals surface area contributed by atoms with Crippen LogP contribution in [0.4, 0.5) is 4.79 Å². The maximum Gasteiger partial charge on any atom is 0.410 e. The van der Waals surface area contributed by atoms with Crippen molar-refractivity contribution in [3.63, 3.8) is 0 Å². The Morgan fingerprint density at radius 1 is 1.13 bits per heavy atom. The van der Waals surface area contributed by atoms with Gasteiger partial charge in [0.05, 0.1) is 0 Å². The number of amides is 1. The van der Waals surface area contributed by atoms with Crippen LogP contribution in [0.1, 0.15) is 45.2 Å². The van der Waals surface area contributed by atoms with Gasteiger partial charge in [0.25, 0.3) is 5.79 Å². The molecule has 0 radical (unpaired) electrons. The molecule has 1 amide bonds. The molecular formula is C24H26ClNO4. The molecule has 0 aromatic heterocycles. The zero-order chi connectivity index (χ0) is 21.5. The number of carbonyl (C=O) groups excluding carboxylic acids is 1. The maximum absolute atomic E-state index is 12.3. The molecule has 4 rings (SSSR count). The minimum Gasteiger partial charge on any atom is -0.445 e. The van der Waals surface area contributed by atoms with E-state index in [9.17, 15) is 4.79 Å². The summed E-state index contributed by atoms with van der Waals surface area (Å²) in [5.41, 5.74) is 2.52. The molecule has 0 fully saturated rings. The molecule has 0 saturated carbocycles. The molecule has 0 N–H and O–H groups in total. The fourth-order valence-corrected chi connectivity index (χ4v) is 3.78. The van der Waals surface area contributed by atoms with Gasteiger partial charge in [-0.05, 0) is 63.1 Å². The van der Waals surface area contributed by atoms with E-state index in [1.807, 2.05) is 70.2 Å². The summed E-state index contributed by atoms with van der Waals surface area (Å²) in [4.78, 5) is 14.0. The van der Waals surface area contributed by atoms with Gasteiger partial charge in [0.15, 0.2) is 11.5 Å². The van der Waals surface area contributed by atoms with Gasteiger partial charge in [0, 0.05) is 36.2 Å². The van der Waals surface area contributed by atoms with Crippen molar-refractivity contribution in [1.82, 2.24) is 4.90 Å². The number of hydrogen-bond donors (Lipinski definition) is 0. The summed E-state index contributed by atoms with van der Waals surface area (Å²) >= 11 is 6.02. The van der Waals surface area contributed by atoms with Crippen molar-refractivity contribution in [3.8, 4) is 11.5 Å². The predicted octanol–water partition coefficient (Wildman–Crippen LogP) is 6.01. The molecule has 0 saturated heterocycles. The second-order valence-electron chi connectivity index (χ2n) is 8.70. The highest BCUT2D eigenvalue weighted by molar-refractivity contribution is 6.30. The standard InChI is InChI=1S/C24H26ClNO4/c1-23(2,3)30-22(27)26-14-12-16(13-15-26)19-6-5-7-20-21(19)29-24(4,28-20)17-8-10-18(25)11-9-17/h5-12H,13-15H2,1-4H3/t24-/m1/s1. The summed E-state index contributed by atoms with van der Waals surface area (Å²) in [6.45, 7) is 8.62. The molecule has 2 heterocycles. The molecule has 2 aliphatic heterocycles. The van der Waals surface area contributed by atoms with E-state index in [0.29, 0.717) is 23.9 Å². The van der Waals surface area contributed by atoms with Gasteiger partial charge in [-0.25, -0.2) is 4.79 Å². The maximum atomic E-state index is 12.3. The molecular weight excluding hydrogens is 402 g/mol. The van der Waals surface area contributed by atoms with E-state index in [4.69, 9.17) is 25.8 Å². The smallest absolute Gasteiger partial charge is 0.410 e. The first-order valence-electron chi connectivity index (χ1n) is 10.1. The van der Waals surface area contributed by atoms with Gasteiger partial charge in [-0.1, -0.05) is 29.8 Å². The van der Waals surface area contributed by atoms with Gasteiger partial charge in [-0.2, -0.15) is 0 Å². The van der Waals surface area contributed by atoms with Crippen LogP contribution in [0.2, 0.25) is 5.02 Å². The van der Waals surface area contributed by atoms with Crippen molar-refractivity contribution in [2.24, 2.45) is 0 Å². The Morgan fingerprint density at radius 3 is 2.50 bits per heavy atom. The third kappa shape index (κ3) is 4.12. The van der Waals surface area contributed by atoms with E-state index < -0.39 is 11.4 Å². The number of nitrogens with zero attached hydrogens (tertiary/aromatic N) is 1. The SMILES string of the molecule is CC(C)(C)OC(=O)N1CC=C(c2cccc3c2O[C@](C)(c2ccc(Cl)cc2)O3)CC1. The Labute approximate surface area is 182 Å². The Kier molecular flexibility index (Phi) is 5.18. The average molecular weight is 428 g/mol. The fourth-order valence-electron chi connectivity index (χ4n) is 3.66. The van der Waals surface area contributed by atoms with Crippen LogP contribution in [0.3, 0.4) is 0 Å². The van der Waals surface area contributed by atoms with Crippen LogP contribution < -0.4 is 9.47 Å². The van der Waals surface area contributed by atoms with Gasteiger partial charge < -0.3 is 19.1 Å². The van der Waals surface area contributed by atoms with Crippen LogP contribution in [-0.2, 0) is 10.5 Å². The minimum absolute atomic E-state index is 0.286. The van der Waals surface area contributed by atoms with Crippen LogP contribution in [0.25, 0.3) is 5.57 Å². The largest absolute Gasteiger partial charge is 0.445 e. The van der Waals surface area contributed by atoms with E-state index in [0.717, 1.165) is 28.9 Å². The van der Waals surface area contributed by atoms with Gasteiger partial charge in [0.1, 0.15) is 5.60 Å². The summed E-state index contributed by atoms with van der Waals surface area (Å²) in [6.07, 6.45) is 2.49. The van der Waals surface area contributed by atoms with Gasteiger partial charge in [0.2, 0.25) is 0 Å². The first kappa shape index (κ1) is 20.6. The zero-order valence-corrected chi connectivity index (χ0v) is 18.5. The topological polar surface area (TPSA) is 48.0 Å². The molecule has 0 aliphatic carbocycles. The summed E-state index contributed by atoms with van der Waals surface area (Å²) < 4.78 is 18.0. The Balaban J connectivity index is 1.54. The third-order valence-electron chi connectivity index (χ3n) is 5.16. The van der Waals surface area contributed by atoms with Gasteiger partial charge in [-0.3, -0.25) is 0 Å². The van der Waals surface area contributed by atoms with Crippen LogP contribution in [0.5, 0.6) is 11.5 Å². The summed E-state index contributed by atoms with van der Waals surface area (Å²) in [7, 11) is 0. The normalized spacial score (nSPS) is 20.7. The highest BCUT2D eigenvalue weighted by Crippen LogP contribution is 2.48. The lowest BCUT2D eigenvalue weighted by molar-refractivity contribution is -0.0681. The van der Waals surface area contributed by atoms with Crippen molar-refractivity contribution in [2.75, 3.05) is 13.1 Å². The number of benzene rings is 2. The molecule has 2 aromatic rings. The lowest BCUT2D eigenvalue weighted by atomic mass is 9.98. The fraction of sp³-hybridized carbons (Fsp3) is 0.375. The van der Waals surface area contributed by atoms with Crippen molar-refractivity contribution in [2.45, 2.75) is 45.5 Å². The van der Waals surface area contributed by atoms with E-state index in [-0.39, 0.29) is 6.09 Å². The van der Waals surface area contributed by atoms with Crippen LogP contribution in [-0.4, -0.2) is 29.7 Å². The minimum atomic E-state index is -0.916. The van der Waals surface area contributed by atoms with E-state index in [2.05, 4.69) is 6.08 Å². The molecule has 0 bridgehead atoms. The lowest BCUT2D eigenvalue weighted by Gasteiger charge is -2.30. The number of halogens is 1. The molecule has 6 heteroatoms. The molecule has 0 spiro atoms. The Bertz CT molecular complexity index is 993. The van der Waals surface area contributed by atoms with Crippen molar-refractivity contribution in [1.29, 1.82) is 0 Å². The number of ether oxygens (including phenoxy) is 3. The summed E-state index contributed by atoms with van der Waals surface area (Å²) in [6, 6.07) is 13.4. The van der Waals surface area contributed by atoms with E-state index in [1.165, 1.54) is 0 Å². The first-order chi connectivity index (χ1) is 14.1. The van der Waals surface area contributed by atoms with Gasteiger partial charge in [-0.15, -0.1) is 0 Å². The average Bonchev–Trinajstić information content (AvgIpc) is 3.04. The quantitative estimate of drug-likeness (QED) is 0.589. The number of fused-ring (bicyclic) bond motifs is 1. The summed E-state index contributed by atoms with van der Waals surface area (Å²) in [5, 5.41) is 0.667. The first-order valence-corrected chi connectivity index (χ1v) is 10.5. The zero-order valence-electron chi connectivity index (χ0n) is 17.7. The Hall–Kier alpha value is -2.66. The molecule has 0 unspecified atom stereocenters. The lowest BCUT2D eigenvalue weighted by Crippen LogP contribution is -2.39. The second kappa shape index (κ2) is 7.55. The van der Waals surface area contributed by atoms with E-state index in [1.54, 1.807) is 4.90 Å². The molecule has 30 heavy (non-hydrogen) atoms. The predicted molar refractivity (Wildman–Crippen MR) is 117 cm³/mol. The van der Waals surface area contributed by atoms with E-state index >= 15 is 0 Å². The molecule has 2 aliphatic rings. The monoisotopic (exact) mass is 427 g/mol. The van der Waals surface area contributed by atoms with Gasteiger partial charge >= 0.3 is 6.09 Å². The third-order valence-corrected chi connectivity index (χ3v) is 5.41. The van der Waals surface area contributed by atoms with Crippen LogP contribution >= 0.6 is 11.6 Å². The van der Waals surface area contributed by atoms with Crippen LogP contribution in [0.15, 0.2) is 48.5 Å². The highest BCUT2D eigenvalue weighted by atomic mass is 35.5. The van der Waals surface area contributed by atoms with Crippen molar-refractivity contribution in [3.05, 3.63) is 64.7 Å². The molecule has 1 atom stereocenters. The molecule has 158 valence electrons. The highest BCUT2D eigenvalue weighted by Gasteiger charge is 2.40. The van der Waals surface area contributed by atoms with Crippen LogP contribution in [0, 0.1) is 0 Å². The Morgan fingerprint density at radius 2 is 1.87 bits per heavy atom. The van der Waals surface area contributed by atoms with Crippen molar-refractivity contribution < 1.29 is 19.0 Å². The number of para-hydroxylation sites is 1. The number of carbonyl (C=O) groups is 1. The number of hydrogen-bond acceptors (Lipinski definition) is 4. The molecule has 5 nitrogen and oxygen atoms in total. The summed E-state index contributed by atoms with van der Waals surface area (Å²) in [5.74, 6) is 0.521. The van der Waals surface area contributed by atoms with Crippen molar-refractivity contribution >= 4 is 23.3 Å².